The molecule has 0 aliphatic rings. The third-order valence-corrected chi connectivity index (χ3v) is 3.89. The van der Waals surface area contributed by atoms with E-state index in [-0.39, 0.29) is 0 Å². The molecule has 0 aliphatic carbocycles. The van der Waals surface area contributed by atoms with Crippen molar-refractivity contribution in [3.8, 4) is 0 Å². The summed E-state index contributed by atoms with van der Waals surface area (Å²) in [6, 6.07) is 21.7. The summed E-state index contributed by atoms with van der Waals surface area (Å²) < 4.78 is 0. The summed E-state index contributed by atoms with van der Waals surface area (Å²) in [7, 11) is 2.02. The number of aromatic nitrogens is 1. The van der Waals surface area contributed by atoms with Crippen LogP contribution in [0.5, 0.6) is 0 Å². The zero-order valence-corrected chi connectivity index (χ0v) is 12.3. The predicted octanol–water partition coefficient (Wildman–Crippen LogP) is 3.61. The van der Waals surface area contributed by atoms with E-state index in [2.05, 4.69) is 58.8 Å². The fraction of sp³-hybridized carbons (Fsp3) is 0.211. The van der Waals surface area contributed by atoms with Gasteiger partial charge in [-0.15, -0.1) is 0 Å². The van der Waals surface area contributed by atoms with Gasteiger partial charge < -0.3 is 5.32 Å². The summed E-state index contributed by atoms with van der Waals surface area (Å²) in [4.78, 5) is 4.42. The van der Waals surface area contributed by atoms with Gasteiger partial charge >= 0.3 is 0 Å². The molecule has 2 aromatic carbocycles. The molecule has 2 nitrogen and oxygen atoms in total. The average Bonchev–Trinajstić information content (AvgIpc) is 2.55. The first kappa shape index (κ1) is 13.8. The molecule has 2 heteroatoms. The van der Waals surface area contributed by atoms with Gasteiger partial charge in [-0.25, -0.2) is 0 Å². The van der Waals surface area contributed by atoms with E-state index in [1.54, 1.807) is 0 Å². The molecule has 0 radical (unpaired) electrons. The fourth-order valence-electron chi connectivity index (χ4n) is 2.70. The molecule has 1 aromatic heterocycles. The van der Waals surface area contributed by atoms with Crippen LogP contribution in [0.15, 0.2) is 66.9 Å². The second-order valence-corrected chi connectivity index (χ2v) is 5.40. The van der Waals surface area contributed by atoms with Gasteiger partial charge in [-0.1, -0.05) is 48.5 Å². The van der Waals surface area contributed by atoms with Gasteiger partial charge in [0.2, 0.25) is 0 Å². The molecule has 0 saturated carbocycles. The Labute approximate surface area is 125 Å². The molecule has 3 aromatic rings. The zero-order chi connectivity index (χ0) is 14.5. The SMILES string of the molecule is CNC(Cc1ccc2ccccc2c1)Cc1ccccn1. The van der Waals surface area contributed by atoms with Crippen LogP contribution >= 0.6 is 0 Å². The number of pyridine rings is 1. The molecule has 106 valence electrons. The number of hydrogen-bond acceptors (Lipinski definition) is 2. The quantitative estimate of drug-likeness (QED) is 0.770. The van der Waals surface area contributed by atoms with Crippen molar-refractivity contribution in [2.24, 2.45) is 0 Å². The third-order valence-electron chi connectivity index (χ3n) is 3.89. The molecule has 1 N–H and O–H groups in total. The second-order valence-electron chi connectivity index (χ2n) is 5.40. The van der Waals surface area contributed by atoms with Crippen molar-refractivity contribution in [2.75, 3.05) is 7.05 Å². The van der Waals surface area contributed by atoms with Crippen LogP contribution in [0.3, 0.4) is 0 Å². The minimum absolute atomic E-state index is 0.404. The molecule has 0 aliphatic heterocycles. The number of rotatable bonds is 5. The molecule has 1 unspecified atom stereocenters. The van der Waals surface area contributed by atoms with Crippen LogP contribution in [0.1, 0.15) is 11.3 Å². The van der Waals surface area contributed by atoms with E-state index in [4.69, 9.17) is 0 Å². The Morgan fingerprint density at radius 2 is 1.71 bits per heavy atom. The normalized spacial score (nSPS) is 12.4. The van der Waals surface area contributed by atoms with Crippen LogP contribution < -0.4 is 5.32 Å². The Hall–Kier alpha value is -2.19. The lowest BCUT2D eigenvalue weighted by Crippen LogP contribution is -2.30. The van der Waals surface area contributed by atoms with Gasteiger partial charge in [-0.3, -0.25) is 4.98 Å². The second kappa shape index (κ2) is 6.51. The van der Waals surface area contributed by atoms with Crippen molar-refractivity contribution in [1.82, 2.24) is 10.3 Å². The van der Waals surface area contributed by atoms with E-state index < -0.39 is 0 Å². The van der Waals surface area contributed by atoms with Crippen LogP contribution in [-0.4, -0.2) is 18.1 Å². The number of likely N-dealkylation sites (N-methyl/N-ethyl adjacent to an activating group) is 1. The highest BCUT2D eigenvalue weighted by Crippen LogP contribution is 2.17. The first-order chi connectivity index (χ1) is 10.3. The van der Waals surface area contributed by atoms with Crippen LogP contribution in [0.25, 0.3) is 10.8 Å². The Morgan fingerprint density at radius 1 is 0.905 bits per heavy atom. The summed E-state index contributed by atoms with van der Waals surface area (Å²) in [5.41, 5.74) is 2.50. The number of nitrogens with zero attached hydrogens (tertiary/aromatic N) is 1. The summed E-state index contributed by atoms with van der Waals surface area (Å²) in [5, 5.41) is 6.01. The number of benzene rings is 2. The van der Waals surface area contributed by atoms with Crippen LogP contribution in [0.4, 0.5) is 0 Å². The number of fused-ring (bicyclic) bond motifs is 1. The monoisotopic (exact) mass is 276 g/mol. The molecule has 0 bridgehead atoms. The van der Waals surface area contributed by atoms with Crippen molar-refractivity contribution < 1.29 is 0 Å². The van der Waals surface area contributed by atoms with Crippen LogP contribution in [0, 0.1) is 0 Å². The maximum absolute atomic E-state index is 4.42. The summed E-state index contributed by atoms with van der Waals surface area (Å²) in [5.74, 6) is 0. The topological polar surface area (TPSA) is 24.9 Å². The van der Waals surface area contributed by atoms with Crippen LogP contribution in [-0.2, 0) is 12.8 Å². The lowest BCUT2D eigenvalue weighted by molar-refractivity contribution is 0.550. The van der Waals surface area contributed by atoms with Gasteiger partial charge in [0.15, 0.2) is 0 Å². The van der Waals surface area contributed by atoms with Gasteiger partial charge in [0.05, 0.1) is 0 Å². The average molecular weight is 276 g/mol. The lowest BCUT2D eigenvalue weighted by Gasteiger charge is -2.16. The van der Waals surface area contributed by atoms with Gasteiger partial charge in [0.1, 0.15) is 0 Å². The highest BCUT2D eigenvalue weighted by atomic mass is 14.9. The summed E-state index contributed by atoms with van der Waals surface area (Å²) in [6.45, 7) is 0. The zero-order valence-electron chi connectivity index (χ0n) is 12.3. The molecule has 0 amide bonds. The van der Waals surface area contributed by atoms with Crippen molar-refractivity contribution in [3.05, 3.63) is 78.1 Å². The molecule has 0 saturated heterocycles. The van der Waals surface area contributed by atoms with E-state index >= 15 is 0 Å². The molecule has 1 atom stereocenters. The maximum atomic E-state index is 4.42. The first-order valence-electron chi connectivity index (χ1n) is 7.40. The van der Waals surface area contributed by atoms with E-state index in [0.717, 1.165) is 18.5 Å². The van der Waals surface area contributed by atoms with Crippen LogP contribution in [0.2, 0.25) is 0 Å². The Kier molecular flexibility index (Phi) is 4.27. The largest absolute Gasteiger partial charge is 0.316 e. The summed E-state index contributed by atoms with van der Waals surface area (Å²) >= 11 is 0. The molecule has 0 spiro atoms. The predicted molar refractivity (Wildman–Crippen MR) is 88.4 cm³/mol. The molecular formula is C19H20N2. The maximum Gasteiger partial charge on any atom is 0.0419 e. The van der Waals surface area contributed by atoms with Gasteiger partial charge in [0, 0.05) is 24.4 Å². The van der Waals surface area contributed by atoms with E-state index in [1.807, 2.05) is 25.4 Å². The number of hydrogen-bond donors (Lipinski definition) is 1. The molecule has 0 fully saturated rings. The minimum Gasteiger partial charge on any atom is -0.316 e. The smallest absolute Gasteiger partial charge is 0.0419 e. The molecule has 1 heterocycles. The third kappa shape index (κ3) is 3.47. The van der Waals surface area contributed by atoms with Gasteiger partial charge in [-0.05, 0) is 41.9 Å². The Bertz CT molecular complexity index is 707. The van der Waals surface area contributed by atoms with Crippen molar-refractivity contribution in [3.63, 3.8) is 0 Å². The van der Waals surface area contributed by atoms with E-state index in [9.17, 15) is 0 Å². The van der Waals surface area contributed by atoms with Crippen molar-refractivity contribution in [1.29, 1.82) is 0 Å². The molecule has 3 rings (SSSR count). The molecule has 21 heavy (non-hydrogen) atoms. The highest BCUT2D eigenvalue weighted by molar-refractivity contribution is 5.82. The van der Waals surface area contributed by atoms with E-state index in [1.165, 1.54) is 16.3 Å². The summed E-state index contributed by atoms with van der Waals surface area (Å²) in [6.07, 6.45) is 3.82. The fourth-order valence-corrected chi connectivity index (χ4v) is 2.70. The van der Waals surface area contributed by atoms with Crippen molar-refractivity contribution >= 4 is 10.8 Å². The lowest BCUT2D eigenvalue weighted by atomic mass is 9.99. The first-order valence-corrected chi connectivity index (χ1v) is 7.40. The molecular weight excluding hydrogens is 256 g/mol. The van der Waals surface area contributed by atoms with Crippen molar-refractivity contribution in [2.45, 2.75) is 18.9 Å². The van der Waals surface area contributed by atoms with Gasteiger partial charge in [0.25, 0.3) is 0 Å². The Morgan fingerprint density at radius 3 is 2.48 bits per heavy atom. The number of nitrogens with one attached hydrogen (secondary N) is 1. The standard InChI is InChI=1S/C19H20N2/c1-20-19(14-18-8-4-5-11-21-18)13-15-9-10-16-6-2-3-7-17(16)12-15/h2-12,19-20H,13-14H2,1H3. The minimum atomic E-state index is 0.404. The highest BCUT2D eigenvalue weighted by Gasteiger charge is 2.09. The van der Waals surface area contributed by atoms with Gasteiger partial charge in [-0.2, -0.15) is 0 Å². The Balaban J connectivity index is 1.76. The van der Waals surface area contributed by atoms with E-state index in [0.29, 0.717) is 6.04 Å².